The van der Waals surface area contributed by atoms with Crippen LogP contribution in [0, 0.1) is 0 Å². The molecule has 2 N–H and O–H groups in total. The molecule has 0 fully saturated rings. The van der Waals surface area contributed by atoms with Crippen LogP contribution in [0.15, 0.2) is 36.8 Å². The maximum absolute atomic E-state index is 5.63. The zero-order valence-electron chi connectivity index (χ0n) is 11.6. The maximum Gasteiger partial charge on any atom is 0.220 e. The van der Waals surface area contributed by atoms with E-state index in [1.165, 1.54) is 5.56 Å². The van der Waals surface area contributed by atoms with E-state index in [0.717, 1.165) is 43.1 Å². The van der Waals surface area contributed by atoms with E-state index in [9.17, 15) is 0 Å². The summed E-state index contributed by atoms with van der Waals surface area (Å²) in [7, 11) is 0. The largest absolute Gasteiger partial charge is 0.368 e. The molecule has 1 aliphatic rings. The van der Waals surface area contributed by atoms with Crippen molar-refractivity contribution in [3.63, 3.8) is 0 Å². The molecule has 0 atom stereocenters. The van der Waals surface area contributed by atoms with Gasteiger partial charge in [0.2, 0.25) is 5.95 Å². The summed E-state index contributed by atoms with van der Waals surface area (Å²) in [5.41, 5.74) is 9.95. The normalized spacial score (nSPS) is 15.2. The Kier molecular flexibility index (Phi) is 2.82. The zero-order valence-corrected chi connectivity index (χ0v) is 11.6. The van der Waals surface area contributed by atoms with Crippen LogP contribution in [0.4, 0.5) is 5.95 Å². The Labute approximate surface area is 122 Å². The molecule has 4 heterocycles. The van der Waals surface area contributed by atoms with Crippen LogP contribution in [0.1, 0.15) is 17.0 Å². The van der Waals surface area contributed by atoms with Crippen LogP contribution in [-0.2, 0) is 19.5 Å². The Morgan fingerprint density at radius 1 is 1.24 bits per heavy atom. The molecule has 0 saturated heterocycles. The van der Waals surface area contributed by atoms with Crippen molar-refractivity contribution in [2.45, 2.75) is 19.5 Å². The van der Waals surface area contributed by atoms with Crippen molar-refractivity contribution < 1.29 is 0 Å². The van der Waals surface area contributed by atoms with Crippen molar-refractivity contribution >= 4 is 11.6 Å². The third-order valence-corrected chi connectivity index (χ3v) is 3.83. The highest BCUT2D eigenvalue weighted by molar-refractivity contribution is 5.39. The molecule has 0 unspecified atom stereocenters. The maximum atomic E-state index is 5.63. The number of imidazole rings is 1. The fourth-order valence-electron chi connectivity index (χ4n) is 2.82. The Balaban J connectivity index is 1.54. The minimum atomic E-state index is 0.363. The van der Waals surface area contributed by atoms with Gasteiger partial charge >= 0.3 is 0 Å². The number of rotatable bonds is 2. The molecule has 6 nitrogen and oxygen atoms in total. The van der Waals surface area contributed by atoms with Crippen LogP contribution in [0.25, 0.3) is 5.65 Å². The summed E-state index contributed by atoms with van der Waals surface area (Å²) in [6.07, 6.45) is 6.86. The fourth-order valence-corrected chi connectivity index (χ4v) is 2.82. The smallest absolute Gasteiger partial charge is 0.220 e. The quantitative estimate of drug-likeness (QED) is 0.765. The average Bonchev–Trinajstić information content (AvgIpc) is 2.89. The van der Waals surface area contributed by atoms with Gasteiger partial charge in [-0.25, -0.2) is 15.0 Å². The van der Waals surface area contributed by atoms with Crippen LogP contribution < -0.4 is 5.73 Å². The van der Waals surface area contributed by atoms with Crippen LogP contribution in [0.5, 0.6) is 0 Å². The minimum Gasteiger partial charge on any atom is -0.368 e. The molecule has 0 bridgehead atoms. The van der Waals surface area contributed by atoms with Crippen LogP contribution in [0.3, 0.4) is 0 Å². The SMILES string of the molecule is Nc1ncc2c(n1)CCN(Cc1cn3ccccc3n1)C2. The van der Waals surface area contributed by atoms with Crippen molar-refractivity contribution in [3.8, 4) is 0 Å². The van der Waals surface area contributed by atoms with E-state index in [4.69, 9.17) is 5.73 Å². The number of anilines is 1. The monoisotopic (exact) mass is 280 g/mol. The number of nitrogens with two attached hydrogens (primary N) is 1. The van der Waals surface area contributed by atoms with E-state index >= 15 is 0 Å². The van der Waals surface area contributed by atoms with E-state index in [2.05, 4.69) is 30.4 Å². The third-order valence-electron chi connectivity index (χ3n) is 3.83. The van der Waals surface area contributed by atoms with Gasteiger partial charge in [-0.15, -0.1) is 0 Å². The molecule has 3 aromatic rings. The highest BCUT2D eigenvalue weighted by Crippen LogP contribution is 2.19. The summed E-state index contributed by atoms with van der Waals surface area (Å²) >= 11 is 0. The number of aromatic nitrogens is 4. The molecule has 0 amide bonds. The van der Waals surface area contributed by atoms with Gasteiger partial charge in [0.25, 0.3) is 0 Å². The number of fused-ring (bicyclic) bond motifs is 2. The lowest BCUT2D eigenvalue weighted by atomic mass is 10.1. The van der Waals surface area contributed by atoms with Gasteiger partial charge in [-0.1, -0.05) is 6.07 Å². The van der Waals surface area contributed by atoms with Crippen molar-refractivity contribution in [2.24, 2.45) is 0 Å². The molecule has 0 saturated carbocycles. The van der Waals surface area contributed by atoms with E-state index in [1.807, 2.05) is 30.6 Å². The summed E-state index contributed by atoms with van der Waals surface area (Å²) in [5, 5.41) is 0. The Hall–Kier alpha value is -2.47. The van der Waals surface area contributed by atoms with Crippen molar-refractivity contribution in [1.82, 2.24) is 24.3 Å². The van der Waals surface area contributed by atoms with Gasteiger partial charge in [0.05, 0.1) is 11.4 Å². The molecule has 1 aliphatic heterocycles. The molecule has 0 aliphatic carbocycles. The van der Waals surface area contributed by atoms with Crippen molar-refractivity contribution in [3.05, 3.63) is 53.7 Å². The van der Waals surface area contributed by atoms with E-state index in [0.29, 0.717) is 5.95 Å². The van der Waals surface area contributed by atoms with Gasteiger partial charge in [-0.2, -0.15) is 0 Å². The molecule has 0 spiro atoms. The lowest BCUT2D eigenvalue weighted by molar-refractivity contribution is 0.240. The first-order valence-electron chi connectivity index (χ1n) is 7.03. The molecule has 3 aromatic heterocycles. The number of nitrogens with zero attached hydrogens (tertiary/aromatic N) is 5. The standard InChI is InChI=1S/C15H16N6/c16-15-17-7-11-8-20(6-4-13(11)19-15)9-12-10-21-5-2-1-3-14(21)18-12/h1-3,5,7,10H,4,6,8-9H2,(H2,16,17,19). The third kappa shape index (κ3) is 2.34. The zero-order chi connectivity index (χ0) is 14.2. The van der Waals surface area contributed by atoms with Gasteiger partial charge < -0.3 is 10.1 Å². The highest BCUT2D eigenvalue weighted by atomic mass is 15.2. The molecule has 0 aromatic carbocycles. The second-order valence-corrected chi connectivity index (χ2v) is 5.36. The Bertz CT molecular complexity index is 761. The first-order chi connectivity index (χ1) is 10.3. The number of nitrogen functional groups attached to an aromatic ring is 1. The number of pyridine rings is 1. The van der Waals surface area contributed by atoms with Gasteiger partial charge in [0.15, 0.2) is 0 Å². The topological polar surface area (TPSA) is 72.3 Å². The van der Waals surface area contributed by atoms with E-state index < -0.39 is 0 Å². The second kappa shape index (κ2) is 4.82. The first kappa shape index (κ1) is 12.3. The fraction of sp³-hybridized carbons (Fsp3) is 0.267. The first-order valence-corrected chi connectivity index (χ1v) is 7.03. The average molecular weight is 280 g/mol. The van der Waals surface area contributed by atoms with Crippen molar-refractivity contribution in [2.75, 3.05) is 12.3 Å². The number of hydrogen-bond acceptors (Lipinski definition) is 5. The molecular formula is C15H16N6. The van der Waals surface area contributed by atoms with Crippen molar-refractivity contribution in [1.29, 1.82) is 0 Å². The van der Waals surface area contributed by atoms with Crippen LogP contribution in [0.2, 0.25) is 0 Å². The van der Waals surface area contributed by atoms with Gasteiger partial charge in [0, 0.05) is 50.2 Å². The van der Waals surface area contributed by atoms with Gasteiger partial charge in [0.1, 0.15) is 5.65 Å². The lowest BCUT2D eigenvalue weighted by Crippen LogP contribution is -2.31. The predicted molar refractivity (Wildman–Crippen MR) is 79.5 cm³/mol. The Morgan fingerprint density at radius 2 is 2.19 bits per heavy atom. The molecule has 6 heteroatoms. The highest BCUT2D eigenvalue weighted by Gasteiger charge is 2.19. The van der Waals surface area contributed by atoms with Crippen LogP contribution in [-0.4, -0.2) is 30.8 Å². The predicted octanol–water partition coefficient (Wildman–Crippen LogP) is 1.26. The lowest BCUT2D eigenvalue weighted by Gasteiger charge is -2.27. The summed E-state index contributed by atoms with van der Waals surface area (Å²) in [6, 6.07) is 6.04. The minimum absolute atomic E-state index is 0.363. The summed E-state index contributed by atoms with van der Waals surface area (Å²) in [4.78, 5) is 15.4. The second-order valence-electron chi connectivity index (χ2n) is 5.36. The summed E-state index contributed by atoms with van der Waals surface area (Å²) in [5.74, 6) is 0.363. The van der Waals surface area contributed by atoms with E-state index in [-0.39, 0.29) is 0 Å². The molecular weight excluding hydrogens is 264 g/mol. The molecule has 106 valence electrons. The van der Waals surface area contributed by atoms with Crippen LogP contribution >= 0.6 is 0 Å². The number of hydrogen-bond donors (Lipinski definition) is 1. The van der Waals surface area contributed by atoms with Gasteiger partial charge in [-0.05, 0) is 12.1 Å². The molecule has 0 radical (unpaired) electrons. The van der Waals surface area contributed by atoms with E-state index in [1.54, 1.807) is 0 Å². The summed E-state index contributed by atoms with van der Waals surface area (Å²) < 4.78 is 2.05. The van der Waals surface area contributed by atoms with Gasteiger partial charge in [-0.3, -0.25) is 4.90 Å². The molecule has 4 rings (SSSR count). The molecule has 21 heavy (non-hydrogen) atoms. The Morgan fingerprint density at radius 3 is 3.10 bits per heavy atom. The summed E-state index contributed by atoms with van der Waals surface area (Å²) in [6.45, 7) is 2.66.